The van der Waals surface area contributed by atoms with E-state index in [1.807, 2.05) is 32.8 Å². The van der Waals surface area contributed by atoms with Gasteiger partial charge in [0.2, 0.25) is 5.91 Å². The number of carbonyl (C=O) groups excluding carboxylic acids is 1. The van der Waals surface area contributed by atoms with E-state index < -0.39 is 5.41 Å². The average molecular weight is 258 g/mol. The van der Waals surface area contributed by atoms with Crippen LogP contribution in [-0.2, 0) is 4.79 Å². The number of nitrogens with zero attached hydrogens (tertiary/aromatic N) is 3. The molecule has 0 aromatic rings. The Morgan fingerprint density at radius 3 is 2.06 bits per heavy atom. The number of oxime groups is 1. The van der Waals surface area contributed by atoms with Gasteiger partial charge in [-0.3, -0.25) is 4.79 Å². The van der Waals surface area contributed by atoms with Gasteiger partial charge in [-0.2, -0.15) is 0 Å². The summed E-state index contributed by atoms with van der Waals surface area (Å²) in [5, 5.41) is 11.9. The fourth-order valence-electron chi connectivity index (χ4n) is 1.94. The summed E-state index contributed by atoms with van der Waals surface area (Å²) in [6, 6.07) is 0. The molecule has 0 bridgehead atoms. The van der Waals surface area contributed by atoms with Gasteiger partial charge in [-0.05, 0) is 26.9 Å². The topological polar surface area (TPSA) is 82.2 Å². The van der Waals surface area contributed by atoms with Crippen LogP contribution in [0.4, 0.5) is 0 Å². The number of nitrogens with two attached hydrogens (primary N) is 1. The summed E-state index contributed by atoms with van der Waals surface area (Å²) in [6.07, 6.45) is 1.04. The third-order valence-corrected chi connectivity index (χ3v) is 3.44. The van der Waals surface area contributed by atoms with Gasteiger partial charge in [0.05, 0.1) is 0 Å². The molecule has 0 unspecified atom stereocenters. The molecule has 0 fully saturated rings. The van der Waals surface area contributed by atoms with Gasteiger partial charge in [0.1, 0.15) is 5.41 Å². The summed E-state index contributed by atoms with van der Waals surface area (Å²) in [7, 11) is 5.65. The highest BCUT2D eigenvalue weighted by Gasteiger charge is 2.41. The minimum atomic E-state index is -0.893. The molecule has 1 amide bonds. The largest absolute Gasteiger partial charge is 0.409 e. The summed E-state index contributed by atoms with van der Waals surface area (Å²) < 4.78 is 0. The van der Waals surface area contributed by atoms with Crippen LogP contribution in [0.15, 0.2) is 5.16 Å². The normalized spacial score (nSPS) is 12.9. The lowest BCUT2D eigenvalue weighted by molar-refractivity contribution is -0.137. The van der Waals surface area contributed by atoms with Gasteiger partial charge in [0.25, 0.3) is 0 Å². The zero-order valence-electron chi connectivity index (χ0n) is 12.1. The van der Waals surface area contributed by atoms with Crippen LogP contribution < -0.4 is 5.73 Å². The number of amidine groups is 1. The predicted octanol–water partition coefficient (Wildman–Crippen LogP) is 0.559. The first kappa shape index (κ1) is 16.7. The minimum absolute atomic E-state index is 0.00537. The molecular weight excluding hydrogens is 232 g/mol. The summed E-state index contributed by atoms with van der Waals surface area (Å²) in [4.78, 5) is 16.1. The number of carbonyl (C=O) groups is 1. The molecule has 0 aliphatic rings. The quantitative estimate of drug-likeness (QED) is 0.302. The molecule has 0 saturated carbocycles. The van der Waals surface area contributed by atoms with Crippen LogP contribution in [0.3, 0.4) is 0 Å². The second kappa shape index (κ2) is 7.20. The van der Waals surface area contributed by atoms with E-state index in [0.29, 0.717) is 19.4 Å². The smallest absolute Gasteiger partial charge is 0.236 e. The van der Waals surface area contributed by atoms with Gasteiger partial charge in [0, 0.05) is 20.1 Å². The first-order chi connectivity index (χ1) is 8.35. The Kier molecular flexibility index (Phi) is 6.68. The lowest BCUT2D eigenvalue weighted by Crippen LogP contribution is -2.50. The Balaban J connectivity index is 4.98. The Labute approximate surface area is 109 Å². The number of rotatable bonds is 7. The predicted molar refractivity (Wildman–Crippen MR) is 72.6 cm³/mol. The average Bonchev–Trinajstić information content (AvgIpc) is 2.37. The number of hydrogen-bond donors (Lipinski definition) is 2. The lowest BCUT2D eigenvalue weighted by atomic mass is 9.79. The van der Waals surface area contributed by atoms with Gasteiger partial charge >= 0.3 is 0 Å². The summed E-state index contributed by atoms with van der Waals surface area (Å²) in [5.41, 5.74) is 4.82. The van der Waals surface area contributed by atoms with Crippen molar-refractivity contribution in [2.75, 3.05) is 34.2 Å². The second-order valence-electron chi connectivity index (χ2n) is 4.80. The van der Waals surface area contributed by atoms with Crippen LogP contribution in [-0.4, -0.2) is 61.0 Å². The Hall–Kier alpha value is -1.30. The fourth-order valence-corrected chi connectivity index (χ4v) is 1.94. The highest BCUT2D eigenvalue weighted by molar-refractivity contribution is 6.06. The maximum absolute atomic E-state index is 12.5. The van der Waals surface area contributed by atoms with E-state index in [1.165, 1.54) is 0 Å². The summed E-state index contributed by atoms with van der Waals surface area (Å²) >= 11 is 0. The lowest BCUT2D eigenvalue weighted by Gasteiger charge is -2.33. The van der Waals surface area contributed by atoms with Gasteiger partial charge in [-0.1, -0.05) is 19.0 Å². The number of amides is 1. The molecule has 106 valence electrons. The zero-order valence-corrected chi connectivity index (χ0v) is 12.1. The molecule has 0 rings (SSSR count). The highest BCUT2D eigenvalue weighted by atomic mass is 16.4. The van der Waals surface area contributed by atoms with Crippen LogP contribution in [0.2, 0.25) is 0 Å². The first-order valence-corrected chi connectivity index (χ1v) is 6.24. The van der Waals surface area contributed by atoms with Crippen molar-refractivity contribution in [2.24, 2.45) is 16.3 Å². The molecule has 0 saturated heterocycles. The Bertz CT molecular complexity index is 298. The van der Waals surface area contributed by atoms with E-state index in [0.717, 1.165) is 6.54 Å². The van der Waals surface area contributed by atoms with Crippen molar-refractivity contribution in [2.45, 2.75) is 26.7 Å². The molecule has 0 spiro atoms. The Morgan fingerprint density at radius 1 is 1.22 bits per heavy atom. The van der Waals surface area contributed by atoms with E-state index in [9.17, 15) is 4.79 Å². The van der Waals surface area contributed by atoms with Crippen molar-refractivity contribution in [3.8, 4) is 0 Å². The van der Waals surface area contributed by atoms with Gasteiger partial charge < -0.3 is 20.7 Å². The first-order valence-electron chi connectivity index (χ1n) is 6.24. The van der Waals surface area contributed by atoms with E-state index in [2.05, 4.69) is 5.16 Å². The zero-order chi connectivity index (χ0) is 14.3. The third kappa shape index (κ3) is 3.60. The number of likely N-dealkylation sites (N-methyl/N-ethyl adjacent to an activating group) is 2. The van der Waals surface area contributed by atoms with E-state index >= 15 is 0 Å². The van der Waals surface area contributed by atoms with Crippen molar-refractivity contribution in [3.63, 3.8) is 0 Å². The molecule has 0 radical (unpaired) electrons. The van der Waals surface area contributed by atoms with Crippen LogP contribution in [0.25, 0.3) is 0 Å². The molecule has 6 nitrogen and oxygen atoms in total. The minimum Gasteiger partial charge on any atom is -0.409 e. The Morgan fingerprint density at radius 2 is 1.72 bits per heavy atom. The molecule has 0 aromatic carbocycles. The molecule has 6 heteroatoms. The molecule has 0 heterocycles. The van der Waals surface area contributed by atoms with Crippen LogP contribution >= 0.6 is 0 Å². The molecule has 0 aliphatic heterocycles. The standard InChI is InChI=1S/C12H26N4O2/c1-6-12(7-2,10(13)14-18)11(17)16(5)9-8-15(3)4/h18H,6-9H2,1-5H3,(H2,13,14). The number of hydrogen-bond acceptors (Lipinski definition) is 4. The van der Waals surface area contributed by atoms with Crippen molar-refractivity contribution < 1.29 is 10.0 Å². The van der Waals surface area contributed by atoms with Crippen molar-refractivity contribution in [1.29, 1.82) is 0 Å². The van der Waals surface area contributed by atoms with Crippen molar-refractivity contribution >= 4 is 11.7 Å². The van der Waals surface area contributed by atoms with Crippen molar-refractivity contribution in [1.82, 2.24) is 9.80 Å². The molecule has 0 aliphatic carbocycles. The van der Waals surface area contributed by atoms with E-state index in [-0.39, 0.29) is 11.7 Å². The van der Waals surface area contributed by atoms with Gasteiger partial charge in [-0.25, -0.2) is 0 Å². The monoisotopic (exact) mass is 258 g/mol. The molecule has 18 heavy (non-hydrogen) atoms. The fraction of sp³-hybridized carbons (Fsp3) is 0.833. The third-order valence-electron chi connectivity index (χ3n) is 3.44. The van der Waals surface area contributed by atoms with E-state index in [4.69, 9.17) is 10.9 Å². The SMILES string of the molecule is CCC(CC)(C(=O)N(C)CCN(C)C)/C(N)=N/O. The second-order valence-corrected chi connectivity index (χ2v) is 4.80. The summed E-state index contributed by atoms with van der Waals surface area (Å²) in [6.45, 7) is 5.15. The van der Waals surface area contributed by atoms with Gasteiger partial charge in [-0.15, -0.1) is 0 Å². The van der Waals surface area contributed by atoms with Gasteiger partial charge in [0.15, 0.2) is 5.84 Å². The van der Waals surface area contributed by atoms with Crippen LogP contribution in [0, 0.1) is 5.41 Å². The molecule has 3 N–H and O–H groups in total. The van der Waals surface area contributed by atoms with Crippen molar-refractivity contribution in [3.05, 3.63) is 0 Å². The van der Waals surface area contributed by atoms with Crippen LogP contribution in [0.5, 0.6) is 0 Å². The van der Waals surface area contributed by atoms with Crippen LogP contribution in [0.1, 0.15) is 26.7 Å². The maximum Gasteiger partial charge on any atom is 0.236 e. The molecule has 0 atom stereocenters. The molecule has 0 aromatic heterocycles. The maximum atomic E-state index is 12.5. The van der Waals surface area contributed by atoms with E-state index in [1.54, 1.807) is 11.9 Å². The molecular formula is C12H26N4O2. The highest BCUT2D eigenvalue weighted by Crippen LogP contribution is 2.29. The summed E-state index contributed by atoms with van der Waals surface area (Å²) in [5.74, 6) is -0.0983.